The van der Waals surface area contributed by atoms with Gasteiger partial charge in [0.1, 0.15) is 17.6 Å². The van der Waals surface area contributed by atoms with Gasteiger partial charge in [-0.25, -0.2) is 0 Å². The van der Waals surface area contributed by atoms with Crippen LogP contribution in [-0.2, 0) is 17.8 Å². The molecule has 4 rings (SSSR count). The summed E-state index contributed by atoms with van der Waals surface area (Å²) in [6.07, 6.45) is 0.0258. The highest BCUT2D eigenvalue weighted by Crippen LogP contribution is 2.31. The molecule has 0 aliphatic carbocycles. The Kier molecular flexibility index (Phi) is 9.79. The van der Waals surface area contributed by atoms with E-state index in [-0.39, 0.29) is 42.9 Å². The molecule has 40 heavy (non-hydrogen) atoms. The van der Waals surface area contributed by atoms with E-state index in [9.17, 15) is 14.7 Å². The van der Waals surface area contributed by atoms with Crippen LogP contribution in [-0.4, -0.2) is 72.7 Å². The maximum Gasteiger partial charge on any atom is 0.258 e. The van der Waals surface area contributed by atoms with E-state index < -0.39 is 0 Å². The van der Waals surface area contributed by atoms with Gasteiger partial charge in [-0.3, -0.25) is 14.5 Å². The Hall–Kier alpha value is -3.88. The first-order chi connectivity index (χ1) is 19.3. The molecule has 0 spiro atoms. The van der Waals surface area contributed by atoms with E-state index in [0.717, 1.165) is 23.4 Å². The van der Waals surface area contributed by atoms with Crippen LogP contribution in [0.5, 0.6) is 11.5 Å². The molecule has 3 atom stereocenters. The van der Waals surface area contributed by atoms with E-state index >= 15 is 0 Å². The van der Waals surface area contributed by atoms with Crippen molar-refractivity contribution in [1.29, 1.82) is 0 Å². The highest BCUT2D eigenvalue weighted by Gasteiger charge is 2.33. The third kappa shape index (κ3) is 7.40. The summed E-state index contributed by atoms with van der Waals surface area (Å²) in [7, 11) is 3.70. The third-order valence-electron chi connectivity index (χ3n) is 7.26. The zero-order valence-corrected chi connectivity index (χ0v) is 23.7. The summed E-state index contributed by atoms with van der Waals surface area (Å²) >= 11 is 0. The summed E-state index contributed by atoms with van der Waals surface area (Å²) in [4.78, 5) is 30.3. The summed E-state index contributed by atoms with van der Waals surface area (Å²) in [6, 6.07) is 22.3. The van der Waals surface area contributed by atoms with E-state index in [2.05, 4.69) is 17.1 Å². The van der Waals surface area contributed by atoms with Crippen LogP contribution in [0.2, 0.25) is 0 Å². The number of nitrogens with one attached hydrogen (secondary N) is 1. The molecule has 0 aromatic heterocycles. The molecule has 0 fully saturated rings. The number of anilines is 1. The first-order valence-electron chi connectivity index (χ1n) is 13.6. The minimum atomic E-state index is -0.366. The van der Waals surface area contributed by atoms with Gasteiger partial charge in [0.05, 0.1) is 31.7 Å². The molecule has 0 bridgehead atoms. The Morgan fingerprint density at radius 2 is 1.85 bits per heavy atom. The lowest BCUT2D eigenvalue weighted by Gasteiger charge is -2.38. The van der Waals surface area contributed by atoms with Crippen molar-refractivity contribution in [1.82, 2.24) is 9.80 Å². The van der Waals surface area contributed by atoms with E-state index in [1.165, 1.54) is 0 Å². The van der Waals surface area contributed by atoms with Crippen LogP contribution in [0.1, 0.15) is 35.3 Å². The number of carbonyl (C=O) groups is 2. The molecule has 1 aliphatic heterocycles. The number of likely N-dealkylation sites (N-methyl/N-ethyl adjacent to an activating group) is 1. The number of carbonyl (C=O) groups excluding carboxylic acids is 2. The fourth-order valence-corrected chi connectivity index (χ4v) is 4.92. The van der Waals surface area contributed by atoms with Crippen LogP contribution in [0, 0.1) is 5.92 Å². The van der Waals surface area contributed by atoms with Gasteiger partial charge in [0.2, 0.25) is 5.91 Å². The predicted molar refractivity (Wildman–Crippen MR) is 156 cm³/mol. The summed E-state index contributed by atoms with van der Waals surface area (Å²) in [5.74, 6) is 0.897. The minimum Gasteiger partial charge on any atom is -0.497 e. The lowest BCUT2D eigenvalue weighted by molar-refractivity contribution is -0.115. The number of aliphatic hydroxyl groups excluding tert-OH is 1. The zero-order chi connectivity index (χ0) is 28.6. The molecule has 212 valence electrons. The van der Waals surface area contributed by atoms with E-state index in [1.54, 1.807) is 30.2 Å². The second-order valence-electron chi connectivity index (χ2n) is 10.6. The quantitative estimate of drug-likeness (QED) is 0.396. The number of benzene rings is 3. The van der Waals surface area contributed by atoms with Crippen molar-refractivity contribution < 1.29 is 24.2 Å². The van der Waals surface area contributed by atoms with Gasteiger partial charge in [-0.2, -0.15) is 0 Å². The van der Waals surface area contributed by atoms with Crippen molar-refractivity contribution in [2.75, 3.05) is 39.2 Å². The highest BCUT2D eigenvalue weighted by molar-refractivity contribution is 6.00. The molecule has 1 aliphatic rings. The molecule has 0 saturated carbocycles. The topological polar surface area (TPSA) is 91.3 Å². The predicted octanol–water partition coefficient (Wildman–Crippen LogP) is 4.23. The smallest absolute Gasteiger partial charge is 0.258 e. The van der Waals surface area contributed by atoms with Gasteiger partial charge in [-0.15, -0.1) is 0 Å². The Bertz CT molecular complexity index is 1280. The number of hydrogen-bond donors (Lipinski definition) is 2. The lowest BCUT2D eigenvalue weighted by atomic mass is 9.99. The molecule has 8 heteroatoms. The van der Waals surface area contributed by atoms with Crippen molar-refractivity contribution >= 4 is 17.5 Å². The number of rotatable bonds is 10. The van der Waals surface area contributed by atoms with Crippen LogP contribution < -0.4 is 14.8 Å². The maximum absolute atomic E-state index is 13.7. The van der Waals surface area contributed by atoms with Crippen LogP contribution in [0.3, 0.4) is 0 Å². The molecule has 0 saturated heterocycles. The van der Waals surface area contributed by atoms with Crippen molar-refractivity contribution in [2.45, 2.75) is 39.0 Å². The van der Waals surface area contributed by atoms with E-state index in [4.69, 9.17) is 9.47 Å². The third-order valence-corrected chi connectivity index (χ3v) is 7.26. The molecule has 8 nitrogen and oxygen atoms in total. The Morgan fingerprint density at radius 3 is 2.52 bits per heavy atom. The highest BCUT2D eigenvalue weighted by atomic mass is 16.5. The van der Waals surface area contributed by atoms with Crippen molar-refractivity contribution in [2.24, 2.45) is 5.92 Å². The minimum absolute atomic E-state index is 0.00895. The summed E-state index contributed by atoms with van der Waals surface area (Å²) in [6.45, 7) is 5.56. The molecule has 1 heterocycles. The van der Waals surface area contributed by atoms with E-state index in [0.29, 0.717) is 30.1 Å². The Balaban J connectivity index is 1.54. The molecule has 3 aromatic rings. The largest absolute Gasteiger partial charge is 0.497 e. The number of methoxy groups -OCH3 is 1. The lowest BCUT2D eigenvalue weighted by Crippen LogP contribution is -2.49. The van der Waals surface area contributed by atoms with Crippen LogP contribution in [0.15, 0.2) is 72.8 Å². The number of ether oxygens (including phenoxy) is 2. The summed E-state index contributed by atoms with van der Waals surface area (Å²) < 4.78 is 11.8. The van der Waals surface area contributed by atoms with Gasteiger partial charge in [-0.05, 0) is 55.4 Å². The SMILES string of the molecule is COc1ccc(CN(C)C[C@H]2Oc3ccc(NC(=O)Cc4ccccc4)cc3C(=O)N([C@@H](C)CO)C[C@@H]2C)cc1. The zero-order valence-electron chi connectivity index (χ0n) is 23.7. The number of fused-ring (bicyclic) bond motifs is 1. The number of aliphatic hydroxyl groups is 1. The fraction of sp³-hybridized carbons (Fsp3) is 0.375. The van der Waals surface area contributed by atoms with Crippen LogP contribution >= 0.6 is 0 Å². The number of hydrogen-bond acceptors (Lipinski definition) is 6. The van der Waals surface area contributed by atoms with Crippen molar-refractivity contribution in [3.63, 3.8) is 0 Å². The summed E-state index contributed by atoms with van der Waals surface area (Å²) in [5, 5.41) is 12.8. The number of nitrogens with zero attached hydrogens (tertiary/aromatic N) is 2. The molecule has 2 N–H and O–H groups in total. The van der Waals surface area contributed by atoms with Gasteiger partial charge in [-0.1, -0.05) is 49.4 Å². The molecule has 0 unspecified atom stereocenters. The molecular formula is C32H39N3O5. The van der Waals surface area contributed by atoms with Crippen molar-refractivity contribution in [3.05, 3.63) is 89.5 Å². The van der Waals surface area contributed by atoms with Gasteiger partial charge < -0.3 is 24.8 Å². The Morgan fingerprint density at radius 1 is 1.12 bits per heavy atom. The van der Waals surface area contributed by atoms with Gasteiger partial charge in [0.25, 0.3) is 5.91 Å². The number of amides is 2. The molecule has 2 amide bonds. The second-order valence-corrected chi connectivity index (χ2v) is 10.6. The Labute approximate surface area is 236 Å². The standard InChI is InChI=1S/C32H39N3O5/c1-22-18-35(23(2)21-36)32(38)28-17-26(33-31(37)16-24-8-6-5-7-9-24)12-15-29(28)40-30(22)20-34(3)19-25-10-13-27(39-4)14-11-25/h5-15,17,22-23,30,36H,16,18-21H2,1-4H3,(H,33,37)/t22-,23-,30+/m0/s1. The average Bonchev–Trinajstić information content (AvgIpc) is 2.95. The monoisotopic (exact) mass is 545 g/mol. The second kappa shape index (κ2) is 13.5. The molecule has 0 radical (unpaired) electrons. The molecular weight excluding hydrogens is 506 g/mol. The van der Waals surface area contributed by atoms with Crippen molar-refractivity contribution in [3.8, 4) is 11.5 Å². The maximum atomic E-state index is 13.7. The fourth-order valence-electron chi connectivity index (χ4n) is 4.92. The average molecular weight is 546 g/mol. The van der Waals surface area contributed by atoms with E-state index in [1.807, 2.05) is 68.6 Å². The molecule has 3 aromatic carbocycles. The normalized spacial score (nSPS) is 17.9. The first kappa shape index (κ1) is 29.1. The van der Waals surface area contributed by atoms with Crippen LogP contribution in [0.4, 0.5) is 5.69 Å². The van der Waals surface area contributed by atoms with Crippen LogP contribution in [0.25, 0.3) is 0 Å². The van der Waals surface area contributed by atoms with Gasteiger partial charge >= 0.3 is 0 Å². The first-order valence-corrected chi connectivity index (χ1v) is 13.6. The van der Waals surface area contributed by atoms with Gasteiger partial charge in [0.15, 0.2) is 0 Å². The van der Waals surface area contributed by atoms with Gasteiger partial charge in [0, 0.05) is 31.2 Å². The summed E-state index contributed by atoms with van der Waals surface area (Å²) in [5.41, 5.74) is 2.95.